The van der Waals surface area contributed by atoms with Crippen molar-refractivity contribution in [1.82, 2.24) is 0 Å². The summed E-state index contributed by atoms with van der Waals surface area (Å²) in [5.74, 6) is 0. The third kappa shape index (κ3) is 43.6. The molecule has 0 aromatic carbocycles. The highest BCUT2D eigenvalue weighted by molar-refractivity contribution is 4.82. The molecule has 4 nitrogen and oxygen atoms in total. The zero-order chi connectivity index (χ0) is 33.3. The quantitative estimate of drug-likeness (QED) is 0.0508. The molecule has 0 saturated heterocycles. The van der Waals surface area contributed by atoms with Gasteiger partial charge in [0.05, 0.1) is 19.8 Å². The maximum atomic E-state index is 9.44. The van der Waals surface area contributed by atoms with Gasteiger partial charge < -0.3 is 31.9 Å². The molecule has 0 aromatic heterocycles. The number of quaternary nitrogens is 1. The van der Waals surface area contributed by atoms with Gasteiger partial charge in [0, 0.05) is 13.2 Å². The first-order valence-corrected chi connectivity index (χ1v) is 20.7. The SMILES string of the molecule is CCCCCCCC/C=C\CCCCCCCCOCC[NH+](CCO)CCOCCCCCCCC/C=C\CCCCCCCC.[Cl-]. The Morgan fingerprint density at radius 3 is 1.00 bits per heavy atom. The molecule has 5 heteroatoms. The van der Waals surface area contributed by atoms with Gasteiger partial charge in [-0.3, -0.25) is 0 Å². The standard InChI is InChI=1S/C42H83NO3.ClH/c1-3-5-7-9-11-13-15-17-19-21-23-25-27-29-31-33-39-45-41-36-43(35-38-44)37-42-46-40-34-32-30-28-26-24-22-20-18-16-14-12-10-8-6-4-2;/h17-20,44H,3-16,21-42H2,1-2H3;1H/b19-17-,20-18-;. The van der Waals surface area contributed by atoms with Crippen LogP contribution in [0.5, 0.6) is 0 Å². The van der Waals surface area contributed by atoms with E-state index in [1.54, 1.807) is 0 Å². The maximum Gasteiger partial charge on any atom is 0.101 e. The molecule has 0 spiro atoms. The zero-order valence-electron chi connectivity index (χ0n) is 31.9. The minimum atomic E-state index is 0. The van der Waals surface area contributed by atoms with Crippen molar-refractivity contribution >= 4 is 0 Å². The summed E-state index contributed by atoms with van der Waals surface area (Å²) in [6.45, 7) is 10.8. The molecule has 0 rings (SSSR count). The molecule has 47 heavy (non-hydrogen) atoms. The van der Waals surface area contributed by atoms with E-state index in [4.69, 9.17) is 9.47 Å². The Morgan fingerprint density at radius 2 is 0.681 bits per heavy atom. The summed E-state index contributed by atoms with van der Waals surface area (Å²) < 4.78 is 11.8. The van der Waals surface area contributed by atoms with Gasteiger partial charge in [-0.25, -0.2) is 0 Å². The summed E-state index contributed by atoms with van der Waals surface area (Å²) in [7, 11) is 0. The molecule has 2 N–H and O–H groups in total. The van der Waals surface area contributed by atoms with Gasteiger partial charge in [0.25, 0.3) is 0 Å². The van der Waals surface area contributed by atoms with Gasteiger partial charge in [-0.2, -0.15) is 0 Å². The molecule has 0 radical (unpaired) electrons. The molecule has 0 unspecified atom stereocenters. The lowest BCUT2D eigenvalue weighted by Crippen LogP contribution is -3.13. The number of ether oxygens (including phenoxy) is 2. The minimum absolute atomic E-state index is 0. The van der Waals surface area contributed by atoms with Gasteiger partial charge in [0.15, 0.2) is 0 Å². The number of rotatable bonds is 40. The van der Waals surface area contributed by atoms with Crippen molar-refractivity contribution in [2.24, 2.45) is 0 Å². The highest BCUT2D eigenvalue weighted by Crippen LogP contribution is 2.11. The zero-order valence-corrected chi connectivity index (χ0v) is 32.7. The molecule has 0 aliphatic carbocycles. The van der Waals surface area contributed by atoms with E-state index in [1.807, 2.05) is 0 Å². The van der Waals surface area contributed by atoms with Crippen molar-refractivity contribution in [1.29, 1.82) is 0 Å². The number of hydrogen-bond acceptors (Lipinski definition) is 3. The van der Waals surface area contributed by atoms with Crippen LogP contribution in [0.4, 0.5) is 0 Å². The summed E-state index contributed by atoms with van der Waals surface area (Å²) >= 11 is 0. The summed E-state index contributed by atoms with van der Waals surface area (Å²) in [6, 6.07) is 0. The van der Waals surface area contributed by atoms with Gasteiger partial charge in [-0.1, -0.05) is 154 Å². The van der Waals surface area contributed by atoms with Gasteiger partial charge in [-0.05, 0) is 64.2 Å². The lowest BCUT2D eigenvalue weighted by atomic mass is 10.1. The first kappa shape index (κ1) is 48.7. The number of aliphatic hydroxyl groups excluding tert-OH is 1. The van der Waals surface area contributed by atoms with E-state index >= 15 is 0 Å². The second-order valence-electron chi connectivity index (χ2n) is 13.8. The molecule has 282 valence electrons. The molecule has 0 amide bonds. The third-order valence-electron chi connectivity index (χ3n) is 9.27. The number of aliphatic hydroxyl groups is 1. The predicted molar refractivity (Wildman–Crippen MR) is 203 cm³/mol. The molecule has 0 atom stereocenters. The van der Waals surface area contributed by atoms with Gasteiger partial charge in [0.1, 0.15) is 19.6 Å². The fourth-order valence-electron chi connectivity index (χ4n) is 6.07. The summed E-state index contributed by atoms with van der Waals surface area (Å²) in [4.78, 5) is 1.39. The van der Waals surface area contributed by atoms with Crippen LogP contribution in [0.1, 0.15) is 194 Å². The van der Waals surface area contributed by atoms with Gasteiger partial charge in [-0.15, -0.1) is 0 Å². The van der Waals surface area contributed by atoms with E-state index in [0.29, 0.717) is 0 Å². The van der Waals surface area contributed by atoms with Crippen LogP contribution in [0.2, 0.25) is 0 Å². The Bertz CT molecular complexity index is 552. The van der Waals surface area contributed by atoms with Gasteiger partial charge in [0.2, 0.25) is 0 Å². The molecule has 0 aliphatic heterocycles. The number of allylic oxidation sites excluding steroid dienone is 4. The topological polar surface area (TPSA) is 43.1 Å². The Kier molecular flexibility index (Phi) is 47.3. The molecule has 0 heterocycles. The Morgan fingerprint density at radius 1 is 0.383 bits per heavy atom. The molecule has 0 aromatic rings. The average Bonchev–Trinajstić information content (AvgIpc) is 3.06. The van der Waals surface area contributed by atoms with Crippen LogP contribution in [0.3, 0.4) is 0 Å². The number of hydrogen-bond donors (Lipinski definition) is 2. The maximum absolute atomic E-state index is 9.44. The van der Waals surface area contributed by atoms with E-state index in [9.17, 15) is 5.11 Å². The van der Waals surface area contributed by atoms with Crippen molar-refractivity contribution in [2.45, 2.75) is 194 Å². The molecular formula is C42H84ClNO3. The molecule has 0 fully saturated rings. The third-order valence-corrected chi connectivity index (χ3v) is 9.27. The van der Waals surface area contributed by atoms with Crippen LogP contribution in [-0.4, -0.2) is 57.8 Å². The Labute approximate surface area is 301 Å². The van der Waals surface area contributed by atoms with Crippen LogP contribution in [0, 0.1) is 0 Å². The highest BCUT2D eigenvalue weighted by Gasteiger charge is 2.07. The average molecular weight is 687 g/mol. The van der Waals surface area contributed by atoms with Crippen LogP contribution in [0.25, 0.3) is 0 Å². The summed E-state index contributed by atoms with van der Waals surface area (Å²) in [5.41, 5.74) is 0. The number of unbranched alkanes of at least 4 members (excludes halogenated alkanes) is 24. The molecule has 0 saturated carbocycles. The molecule has 0 bridgehead atoms. The summed E-state index contributed by atoms with van der Waals surface area (Å²) in [5, 5.41) is 9.44. The normalized spacial score (nSPS) is 11.8. The first-order chi connectivity index (χ1) is 22.8. The lowest BCUT2D eigenvalue weighted by molar-refractivity contribution is -0.901. The fourth-order valence-corrected chi connectivity index (χ4v) is 6.07. The molecular weight excluding hydrogens is 602 g/mol. The van der Waals surface area contributed by atoms with E-state index in [2.05, 4.69) is 38.2 Å². The summed E-state index contributed by atoms with van der Waals surface area (Å²) in [6.07, 6.45) is 47.2. The minimum Gasteiger partial charge on any atom is -1.00 e. The van der Waals surface area contributed by atoms with E-state index < -0.39 is 0 Å². The Hall–Kier alpha value is -0.390. The molecule has 0 aliphatic rings. The van der Waals surface area contributed by atoms with Gasteiger partial charge >= 0.3 is 0 Å². The second kappa shape index (κ2) is 45.6. The van der Waals surface area contributed by atoms with Crippen LogP contribution in [0.15, 0.2) is 24.3 Å². The fraction of sp³-hybridized carbons (Fsp3) is 0.905. The van der Waals surface area contributed by atoms with Crippen molar-refractivity contribution in [3.05, 3.63) is 24.3 Å². The number of halogens is 1. The van der Waals surface area contributed by atoms with Crippen LogP contribution in [-0.2, 0) is 9.47 Å². The van der Waals surface area contributed by atoms with Crippen molar-refractivity contribution in [3.8, 4) is 0 Å². The van der Waals surface area contributed by atoms with E-state index in [0.717, 1.165) is 46.1 Å². The smallest absolute Gasteiger partial charge is 0.101 e. The van der Waals surface area contributed by atoms with E-state index in [1.165, 1.54) is 185 Å². The van der Waals surface area contributed by atoms with Crippen LogP contribution >= 0.6 is 0 Å². The number of nitrogens with one attached hydrogen (secondary N) is 1. The predicted octanol–water partition coefficient (Wildman–Crippen LogP) is 7.98. The second-order valence-corrected chi connectivity index (χ2v) is 13.8. The van der Waals surface area contributed by atoms with Crippen molar-refractivity contribution < 1.29 is 31.9 Å². The van der Waals surface area contributed by atoms with E-state index in [-0.39, 0.29) is 19.0 Å². The van der Waals surface area contributed by atoms with Crippen molar-refractivity contribution in [2.75, 3.05) is 52.7 Å². The van der Waals surface area contributed by atoms with Crippen LogP contribution < -0.4 is 17.3 Å². The van der Waals surface area contributed by atoms with Crippen molar-refractivity contribution in [3.63, 3.8) is 0 Å². The monoisotopic (exact) mass is 686 g/mol. The highest BCUT2D eigenvalue weighted by atomic mass is 35.5. The first-order valence-electron chi connectivity index (χ1n) is 20.7. The largest absolute Gasteiger partial charge is 1.00 e. The lowest BCUT2D eigenvalue weighted by Gasteiger charge is -2.18. The Balaban J connectivity index is 0.